The van der Waals surface area contributed by atoms with E-state index in [1.807, 2.05) is 0 Å². The number of carbonyl (C=O) groups is 1. The van der Waals surface area contributed by atoms with Crippen LogP contribution in [0.5, 0.6) is 0 Å². The quantitative estimate of drug-likeness (QED) is 0.824. The number of rotatable bonds is 4. The first kappa shape index (κ1) is 14.0. The van der Waals surface area contributed by atoms with Gasteiger partial charge in [-0.15, -0.1) is 0 Å². The van der Waals surface area contributed by atoms with Crippen LogP contribution in [0.2, 0.25) is 0 Å². The number of hydrogen-bond donors (Lipinski definition) is 2. The Labute approximate surface area is 113 Å². The third-order valence-corrected chi connectivity index (χ3v) is 3.70. The van der Waals surface area contributed by atoms with Crippen LogP contribution < -0.4 is 4.72 Å². The van der Waals surface area contributed by atoms with Gasteiger partial charge in [-0.3, -0.25) is 9.82 Å². The Balaban J connectivity index is 2.33. The molecule has 2 aromatic rings. The molecule has 0 spiro atoms. The minimum absolute atomic E-state index is 0.0291. The van der Waals surface area contributed by atoms with Gasteiger partial charge in [0.1, 0.15) is 5.82 Å². The maximum Gasteiger partial charge on any atom is 0.340 e. The lowest BCUT2D eigenvalue weighted by atomic mass is 10.2. The van der Waals surface area contributed by atoms with Gasteiger partial charge in [0, 0.05) is 5.69 Å². The van der Waals surface area contributed by atoms with Crippen molar-refractivity contribution in [1.82, 2.24) is 10.2 Å². The lowest BCUT2D eigenvalue weighted by molar-refractivity contribution is 0.0595. The maximum atomic E-state index is 13.4. The molecule has 0 saturated carbocycles. The zero-order chi connectivity index (χ0) is 14.8. The van der Waals surface area contributed by atoms with Gasteiger partial charge in [-0.2, -0.15) is 13.5 Å². The van der Waals surface area contributed by atoms with Crippen molar-refractivity contribution in [1.29, 1.82) is 0 Å². The van der Waals surface area contributed by atoms with Gasteiger partial charge in [0.15, 0.2) is 5.03 Å². The average Bonchev–Trinajstić information content (AvgIpc) is 2.94. The molecule has 0 aliphatic carbocycles. The van der Waals surface area contributed by atoms with Crippen molar-refractivity contribution in [2.75, 3.05) is 11.8 Å². The molecule has 2 rings (SSSR count). The van der Waals surface area contributed by atoms with E-state index in [0.29, 0.717) is 0 Å². The Kier molecular flexibility index (Phi) is 3.70. The summed E-state index contributed by atoms with van der Waals surface area (Å²) in [5.74, 6) is -1.70. The average molecular weight is 299 g/mol. The van der Waals surface area contributed by atoms with E-state index in [1.165, 1.54) is 18.3 Å². The lowest BCUT2D eigenvalue weighted by Crippen LogP contribution is -2.14. The van der Waals surface area contributed by atoms with Gasteiger partial charge in [-0.05, 0) is 24.3 Å². The number of esters is 1. The second kappa shape index (κ2) is 5.29. The first-order valence-corrected chi connectivity index (χ1v) is 6.82. The first-order valence-electron chi connectivity index (χ1n) is 5.34. The summed E-state index contributed by atoms with van der Waals surface area (Å²) < 4.78 is 43.8. The summed E-state index contributed by atoms with van der Waals surface area (Å²) in [5, 5.41) is 5.66. The van der Waals surface area contributed by atoms with Crippen LogP contribution in [-0.4, -0.2) is 31.7 Å². The molecule has 1 heterocycles. The number of nitrogens with zero attached hydrogens (tertiary/aromatic N) is 1. The van der Waals surface area contributed by atoms with E-state index < -0.39 is 21.8 Å². The summed E-state index contributed by atoms with van der Waals surface area (Å²) in [4.78, 5) is 11.3. The lowest BCUT2D eigenvalue weighted by Gasteiger charge is -2.08. The number of ether oxygens (including phenoxy) is 1. The molecule has 2 N–H and O–H groups in total. The van der Waals surface area contributed by atoms with Crippen LogP contribution in [0.4, 0.5) is 10.1 Å². The molecule has 0 aliphatic heterocycles. The fourth-order valence-corrected chi connectivity index (χ4v) is 2.42. The molecule has 1 aromatic carbocycles. The summed E-state index contributed by atoms with van der Waals surface area (Å²) in [6.45, 7) is 0. The number of aromatic nitrogens is 2. The van der Waals surface area contributed by atoms with Crippen molar-refractivity contribution >= 4 is 21.7 Å². The number of methoxy groups -OCH3 is 1. The Morgan fingerprint density at radius 3 is 2.75 bits per heavy atom. The van der Waals surface area contributed by atoms with Gasteiger partial charge in [0.05, 0.1) is 18.9 Å². The molecule has 0 fully saturated rings. The van der Waals surface area contributed by atoms with Crippen LogP contribution in [0.3, 0.4) is 0 Å². The molecule has 0 bridgehead atoms. The van der Waals surface area contributed by atoms with Crippen molar-refractivity contribution in [3.63, 3.8) is 0 Å². The van der Waals surface area contributed by atoms with E-state index in [4.69, 9.17) is 0 Å². The second-order valence-electron chi connectivity index (χ2n) is 3.71. The molecule has 106 valence electrons. The Hall–Kier alpha value is -2.42. The molecule has 7 nitrogen and oxygen atoms in total. The molecule has 1 aromatic heterocycles. The van der Waals surface area contributed by atoms with Crippen molar-refractivity contribution in [3.05, 3.63) is 41.8 Å². The topological polar surface area (TPSA) is 101 Å². The van der Waals surface area contributed by atoms with E-state index in [-0.39, 0.29) is 16.3 Å². The maximum absolute atomic E-state index is 13.4. The summed E-state index contributed by atoms with van der Waals surface area (Å²) in [5.41, 5.74) is -0.335. The monoisotopic (exact) mass is 299 g/mol. The third-order valence-electron chi connectivity index (χ3n) is 2.39. The summed E-state index contributed by atoms with van der Waals surface area (Å²) in [6.07, 6.45) is 1.28. The largest absolute Gasteiger partial charge is 0.465 e. The fourth-order valence-electron chi connectivity index (χ4n) is 1.46. The zero-order valence-electron chi connectivity index (χ0n) is 10.3. The van der Waals surface area contributed by atoms with Gasteiger partial charge in [0.2, 0.25) is 0 Å². The predicted octanol–water partition coefficient (Wildman–Crippen LogP) is 1.14. The number of carbonyl (C=O) groups excluding carboxylic acids is 1. The summed E-state index contributed by atoms with van der Waals surface area (Å²) in [7, 11) is -2.77. The van der Waals surface area contributed by atoms with Gasteiger partial charge in [-0.25, -0.2) is 9.18 Å². The Bertz CT molecular complexity index is 728. The van der Waals surface area contributed by atoms with Gasteiger partial charge in [0.25, 0.3) is 10.0 Å². The Morgan fingerprint density at radius 2 is 2.15 bits per heavy atom. The van der Waals surface area contributed by atoms with E-state index in [1.54, 1.807) is 0 Å². The van der Waals surface area contributed by atoms with Crippen molar-refractivity contribution in [3.8, 4) is 0 Å². The highest BCUT2D eigenvalue weighted by Crippen LogP contribution is 2.18. The number of nitrogens with one attached hydrogen (secondary N) is 2. The molecule has 9 heteroatoms. The van der Waals surface area contributed by atoms with Crippen molar-refractivity contribution in [2.45, 2.75) is 5.03 Å². The van der Waals surface area contributed by atoms with Crippen LogP contribution >= 0.6 is 0 Å². The number of H-pyrrole nitrogens is 1. The smallest absolute Gasteiger partial charge is 0.340 e. The standard InChI is InChI=1S/C11H10FN3O4S/c1-19-11(16)8-6-7(2-3-9(8)12)15-20(17,18)10-4-5-13-14-10/h2-6,15H,1H3,(H,13,14). The molecular formula is C11H10FN3O4S. The van der Waals surface area contributed by atoms with E-state index in [9.17, 15) is 17.6 Å². The van der Waals surface area contributed by atoms with Gasteiger partial charge in [-0.1, -0.05) is 0 Å². The summed E-state index contributed by atoms with van der Waals surface area (Å²) in [6, 6.07) is 4.47. The van der Waals surface area contributed by atoms with E-state index in [2.05, 4.69) is 19.7 Å². The Morgan fingerprint density at radius 1 is 1.40 bits per heavy atom. The fraction of sp³-hybridized carbons (Fsp3) is 0.0909. The molecule has 0 aliphatic rings. The highest BCUT2D eigenvalue weighted by atomic mass is 32.2. The molecule has 0 radical (unpaired) electrons. The minimum atomic E-state index is -3.87. The van der Waals surface area contributed by atoms with Crippen LogP contribution in [0.1, 0.15) is 10.4 Å². The van der Waals surface area contributed by atoms with E-state index in [0.717, 1.165) is 19.2 Å². The predicted molar refractivity (Wildman–Crippen MR) is 67.1 cm³/mol. The first-order chi connectivity index (χ1) is 9.44. The number of sulfonamides is 1. The second-order valence-corrected chi connectivity index (χ2v) is 5.36. The van der Waals surface area contributed by atoms with Crippen LogP contribution in [0.25, 0.3) is 0 Å². The molecule has 20 heavy (non-hydrogen) atoms. The minimum Gasteiger partial charge on any atom is -0.465 e. The number of hydrogen-bond acceptors (Lipinski definition) is 5. The van der Waals surface area contributed by atoms with Crippen LogP contribution in [0, 0.1) is 5.82 Å². The molecule has 0 unspecified atom stereocenters. The number of aromatic amines is 1. The molecule has 0 amide bonds. The normalized spacial score (nSPS) is 11.1. The van der Waals surface area contributed by atoms with Crippen LogP contribution in [0.15, 0.2) is 35.5 Å². The van der Waals surface area contributed by atoms with Crippen LogP contribution in [-0.2, 0) is 14.8 Å². The summed E-state index contributed by atoms with van der Waals surface area (Å²) >= 11 is 0. The van der Waals surface area contributed by atoms with Gasteiger partial charge >= 0.3 is 5.97 Å². The SMILES string of the molecule is COC(=O)c1cc(NS(=O)(=O)c2ccn[nH]2)ccc1F. The van der Waals surface area contributed by atoms with Crippen molar-refractivity contribution in [2.24, 2.45) is 0 Å². The molecular weight excluding hydrogens is 289 g/mol. The number of halogens is 1. The van der Waals surface area contributed by atoms with Crippen molar-refractivity contribution < 1.29 is 22.3 Å². The molecule has 0 atom stereocenters. The molecule has 0 saturated heterocycles. The number of anilines is 1. The highest BCUT2D eigenvalue weighted by Gasteiger charge is 2.18. The van der Waals surface area contributed by atoms with E-state index >= 15 is 0 Å². The van der Waals surface area contributed by atoms with Gasteiger partial charge < -0.3 is 4.74 Å². The highest BCUT2D eigenvalue weighted by molar-refractivity contribution is 7.92. The number of benzene rings is 1. The third kappa shape index (κ3) is 2.77. The zero-order valence-corrected chi connectivity index (χ0v) is 11.1.